The summed E-state index contributed by atoms with van der Waals surface area (Å²) < 4.78 is 16.9. The lowest BCUT2D eigenvalue weighted by atomic mass is 9.93. The van der Waals surface area contributed by atoms with Crippen molar-refractivity contribution in [3.8, 4) is 0 Å². The van der Waals surface area contributed by atoms with Gasteiger partial charge in [0, 0.05) is 30.5 Å². The molecular formula is C29H24N2O6. The van der Waals surface area contributed by atoms with Gasteiger partial charge >= 0.3 is 5.97 Å². The number of fused-ring (bicyclic) bond motifs is 2. The molecule has 0 saturated carbocycles. The Labute approximate surface area is 212 Å². The first-order valence-corrected chi connectivity index (χ1v) is 12.2. The van der Waals surface area contributed by atoms with E-state index in [0.29, 0.717) is 60.5 Å². The molecule has 3 heterocycles. The number of furan rings is 1. The third-order valence-electron chi connectivity index (χ3n) is 6.74. The van der Waals surface area contributed by atoms with E-state index in [1.807, 2.05) is 42.5 Å². The number of para-hydroxylation sites is 1. The number of benzene rings is 3. The molecule has 1 atom stereocenters. The first kappa shape index (κ1) is 23.0. The Morgan fingerprint density at radius 1 is 0.919 bits per heavy atom. The molecule has 0 bridgehead atoms. The van der Waals surface area contributed by atoms with Gasteiger partial charge in [-0.25, -0.2) is 4.79 Å². The van der Waals surface area contributed by atoms with Gasteiger partial charge < -0.3 is 24.1 Å². The van der Waals surface area contributed by atoms with Crippen molar-refractivity contribution in [2.45, 2.75) is 12.5 Å². The first-order chi connectivity index (χ1) is 18.1. The van der Waals surface area contributed by atoms with E-state index in [2.05, 4.69) is 5.32 Å². The molecule has 2 aliphatic rings. The van der Waals surface area contributed by atoms with Crippen LogP contribution in [0.5, 0.6) is 0 Å². The number of nitrogens with one attached hydrogen (secondary N) is 1. The molecule has 1 fully saturated rings. The van der Waals surface area contributed by atoms with E-state index in [1.54, 1.807) is 35.2 Å². The summed E-state index contributed by atoms with van der Waals surface area (Å²) in [6.07, 6.45) is 0.0387. The molecule has 37 heavy (non-hydrogen) atoms. The van der Waals surface area contributed by atoms with Gasteiger partial charge in [0.2, 0.25) is 5.76 Å². The second-order valence-electron chi connectivity index (χ2n) is 9.04. The number of amides is 2. The van der Waals surface area contributed by atoms with Crippen molar-refractivity contribution in [3.63, 3.8) is 0 Å². The molecule has 0 spiro atoms. The Kier molecular flexibility index (Phi) is 5.94. The molecule has 0 unspecified atom stereocenters. The highest BCUT2D eigenvalue weighted by molar-refractivity contribution is 6.14. The summed E-state index contributed by atoms with van der Waals surface area (Å²) in [6.45, 7) is 1.81. The van der Waals surface area contributed by atoms with E-state index in [0.717, 1.165) is 11.1 Å². The molecule has 0 radical (unpaired) electrons. The Bertz CT molecular complexity index is 1500. The van der Waals surface area contributed by atoms with Crippen molar-refractivity contribution in [1.82, 2.24) is 4.90 Å². The van der Waals surface area contributed by atoms with E-state index in [4.69, 9.17) is 13.9 Å². The van der Waals surface area contributed by atoms with Gasteiger partial charge in [0.25, 0.3) is 11.8 Å². The van der Waals surface area contributed by atoms with E-state index in [9.17, 15) is 14.4 Å². The highest BCUT2D eigenvalue weighted by atomic mass is 16.5. The summed E-state index contributed by atoms with van der Waals surface area (Å²) in [7, 11) is 0. The predicted octanol–water partition coefficient (Wildman–Crippen LogP) is 4.61. The van der Waals surface area contributed by atoms with Crippen LogP contribution in [0, 0.1) is 0 Å². The van der Waals surface area contributed by atoms with Gasteiger partial charge in [0.05, 0.1) is 18.8 Å². The highest BCUT2D eigenvalue weighted by Crippen LogP contribution is 2.34. The monoisotopic (exact) mass is 496 g/mol. The minimum Gasteiger partial charge on any atom is -0.454 e. The minimum atomic E-state index is -0.421. The van der Waals surface area contributed by atoms with Crippen molar-refractivity contribution in [3.05, 3.63) is 101 Å². The Balaban J connectivity index is 1.31. The number of carbonyl (C=O) groups is 3. The van der Waals surface area contributed by atoms with Crippen LogP contribution >= 0.6 is 0 Å². The van der Waals surface area contributed by atoms with Crippen molar-refractivity contribution in [2.75, 3.05) is 31.6 Å². The van der Waals surface area contributed by atoms with E-state index < -0.39 is 18.0 Å². The fourth-order valence-electron chi connectivity index (χ4n) is 4.81. The van der Waals surface area contributed by atoms with Gasteiger partial charge in [-0.3, -0.25) is 9.59 Å². The maximum atomic E-state index is 13.4. The summed E-state index contributed by atoms with van der Waals surface area (Å²) >= 11 is 0. The van der Waals surface area contributed by atoms with Gasteiger partial charge in [-0.2, -0.15) is 0 Å². The quantitative estimate of drug-likeness (QED) is 0.415. The number of hydrogen-bond donors (Lipinski definition) is 1. The third-order valence-corrected chi connectivity index (χ3v) is 6.74. The number of rotatable bonds is 4. The van der Waals surface area contributed by atoms with Crippen LogP contribution in [0.1, 0.15) is 48.5 Å². The number of carbonyl (C=O) groups excluding carboxylic acids is 3. The molecule has 8 heteroatoms. The van der Waals surface area contributed by atoms with Crippen LogP contribution in [-0.2, 0) is 15.9 Å². The number of esters is 1. The lowest BCUT2D eigenvalue weighted by molar-refractivity contribution is 0.0252. The van der Waals surface area contributed by atoms with E-state index in [1.165, 1.54) is 0 Å². The van der Waals surface area contributed by atoms with E-state index >= 15 is 0 Å². The fraction of sp³-hybridized carbons (Fsp3) is 0.207. The average molecular weight is 497 g/mol. The largest absolute Gasteiger partial charge is 0.454 e. The number of anilines is 1. The van der Waals surface area contributed by atoms with Gasteiger partial charge in [-0.15, -0.1) is 0 Å². The third kappa shape index (κ3) is 4.36. The van der Waals surface area contributed by atoms with Crippen molar-refractivity contribution in [1.29, 1.82) is 0 Å². The summed E-state index contributed by atoms with van der Waals surface area (Å²) in [5.41, 5.74) is 3.28. The maximum Gasteiger partial charge on any atom is 0.339 e. The molecule has 1 N–H and O–H groups in total. The molecular weight excluding hydrogens is 472 g/mol. The summed E-state index contributed by atoms with van der Waals surface area (Å²) in [6, 6.07) is 21.6. The summed E-state index contributed by atoms with van der Waals surface area (Å²) in [4.78, 5) is 41.0. The van der Waals surface area contributed by atoms with Crippen LogP contribution in [0.2, 0.25) is 0 Å². The Morgan fingerprint density at radius 2 is 1.68 bits per heavy atom. The van der Waals surface area contributed by atoms with Crippen LogP contribution in [0.25, 0.3) is 11.0 Å². The van der Waals surface area contributed by atoms with E-state index in [-0.39, 0.29) is 11.7 Å². The standard InChI is InChI=1S/C29H24N2O6/c32-27(19-10-11-21-20(16-19)17-24(37-29(21)34)18-6-2-1-3-7-18)30-25-22-8-4-5-9-23(22)36-26(25)28(33)31-12-14-35-15-13-31/h1-11,16,24H,12-15,17H2,(H,30,32)/t24-/m1/s1. The molecule has 2 aliphatic heterocycles. The molecule has 3 aromatic carbocycles. The molecule has 6 rings (SSSR count). The van der Waals surface area contributed by atoms with Gasteiger partial charge in [0.1, 0.15) is 17.4 Å². The van der Waals surface area contributed by atoms with Gasteiger partial charge in [-0.1, -0.05) is 42.5 Å². The van der Waals surface area contributed by atoms with Gasteiger partial charge in [-0.05, 0) is 41.5 Å². The SMILES string of the molecule is O=C(Nc1c(C(=O)N2CCOCC2)oc2ccccc12)c1ccc2c(c1)C[C@H](c1ccccc1)OC2=O. The molecule has 8 nitrogen and oxygen atoms in total. The number of nitrogens with zero attached hydrogens (tertiary/aromatic N) is 1. The van der Waals surface area contributed by atoms with Crippen molar-refractivity contribution < 1.29 is 28.3 Å². The second kappa shape index (κ2) is 9.55. The zero-order valence-corrected chi connectivity index (χ0v) is 19.9. The average Bonchev–Trinajstić information content (AvgIpc) is 3.31. The predicted molar refractivity (Wildman–Crippen MR) is 136 cm³/mol. The first-order valence-electron chi connectivity index (χ1n) is 12.2. The summed E-state index contributed by atoms with van der Waals surface area (Å²) in [5, 5.41) is 3.54. The van der Waals surface area contributed by atoms with Gasteiger partial charge in [0.15, 0.2) is 0 Å². The fourth-order valence-corrected chi connectivity index (χ4v) is 4.81. The number of hydrogen-bond acceptors (Lipinski definition) is 6. The topological polar surface area (TPSA) is 98.1 Å². The Morgan fingerprint density at radius 3 is 2.49 bits per heavy atom. The number of ether oxygens (including phenoxy) is 2. The molecule has 1 aromatic heterocycles. The molecule has 0 aliphatic carbocycles. The van der Waals surface area contributed by atoms with Crippen molar-refractivity contribution >= 4 is 34.4 Å². The number of cyclic esters (lactones) is 1. The molecule has 2 amide bonds. The lowest BCUT2D eigenvalue weighted by Crippen LogP contribution is -2.40. The summed E-state index contributed by atoms with van der Waals surface area (Å²) in [5.74, 6) is -1.03. The van der Waals surface area contributed by atoms with Crippen LogP contribution in [0.3, 0.4) is 0 Å². The lowest BCUT2D eigenvalue weighted by Gasteiger charge is -2.26. The number of morpholine rings is 1. The Hall–Kier alpha value is -4.43. The second-order valence-corrected chi connectivity index (χ2v) is 9.04. The minimum absolute atomic E-state index is 0.0853. The highest BCUT2D eigenvalue weighted by Gasteiger charge is 2.30. The molecule has 1 saturated heterocycles. The molecule has 186 valence electrons. The van der Waals surface area contributed by atoms with Crippen LogP contribution in [0.15, 0.2) is 77.2 Å². The van der Waals surface area contributed by atoms with Crippen LogP contribution in [0.4, 0.5) is 5.69 Å². The van der Waals surface area contributed by atoms with Crippen LogP contribution in [-0.4, -0.2) is 49.0 Å². The van der Waals surface area contributed by atoms with Crippen LogP contribution < -0.4 is 5.32 Å². The maximum absolute atomic E-state index is 13.4. The zero-order chi connectivity index (χ0) is 25.4. The normalized spacial score (nSPS) is 17.2. The molecule has 4 aromatic rings. The smallest absolute Gasteiger partial charge is 0.339 e. The van der Waals surface area contributed by atoms with Crippen molar-refractivity contribution in [2.24, 2.45) is 0 Å². The zero-order valence-electron chi connectivity index (χ0n) is 19.9.